The highest BCUT2D eigenvalue weighted by molar-refractivity contribution is 9.10. The average Bonchev–Trinajstić information content (AvgIpc) is 2.28. The van der Waals surface area contributed by atoms with Gasteiger partial charge in [0.05, 0.1) is 23.6 Å². The van der Waals surface area contributed by atoms with E-state index < -0.39 is 10.0 Å². The van der Waals surface area contributed by atoms with Gasteiger partial charge in [0, 0.05) is 10.9 Å². The maximum absolute atomic E-state index is 11.2. The van der Waals surface area contributed by atoms with Crippen molar-refractivity contribution in [3.8, 4) is 0 Å². The van der Waals surface area contributed by atoms with Gasteiger partial charge in [-0.3, -0.25) is 10.1 Å². The number of hydrogen-bond donors (Lipinski definition) is 2. The number of hydrogen-bond acceptors (Lipinski definition) is 4. The summed E-state index contributed by atoms with van der Waals surface area (Å²) < 4.78 is 30.3. The molecule has 0 atom stereocenters. The molecular formula is C11H14BrClN2O3S. The quantitative estimate of drug-likeness (QED) is 0.618. The van der Waals surface area contributed by atoms with Crippen LogP contribution in [0, 0.1) is 5.41 Å². The van der Waals surface area contributed by atoms with E-state index in [0.29, 0.717) is 16.8 Å². The molecule has 0 fully saturated rings. The molecule has 0 spiro atoms. The van der Waals surface area contributed by atoms with Gasteiger partial charge in [0.2, 0.25) is 10.0 Å². The number of nitrogens with one attached hydrogen (secondary N) is 2. The molecule has 0 aromatic heterocycles. The monoisotopic (exact) mass is 368 g/mol. The molecule has 0 heterocycles. The fourth-order valence-electron chi connectivity index (χ4n) is 1.40. The van der Waals surface area contributed by atoms with Crippen LogP contribution in [0.2, 0.25) is 5.02 Å². The summed E-state index contributed by atoms with van der Waals surface area (Å²) in [5, 5.41) is 7.85. The van der Waals surface area contributed by atoms with Crippen molar-refractivity contribution >= 4 is 49.1 Å². The van der Waals surface area contributed by atoms with Crippen LogP contribution in [0.15, 0.2) is 16.6 Å². The predicted molar refractivity (Wildman–Crippen MR) is 80.7 cm³/mol. The Morgan fingerprint density at radius 2 is 2.16 bits per heavy atom. The zero-order chi connectivity index (χ0) is 14.6. The number of sulfonamides is 1. The normalized spacial score (nSPS) is 11.2. The van der Waals surface area contributed by atoms with E-state index in [0.717, 1.165) is 11.8 Å². The Balaban J connectivity index is 3.01. The van der Waals surface area contributed by atoms with E-state index >= 15 is 0 Å². The molecule has 0 amide bonds. The average molecular weight is 370 g/mol. The first-order chi connectivity index (χ1) is 8.74. The molecule has 1 aromatic rings. The molecule has 0 saturated heterocycles. The Labute approximate surface area is 126 Å². The van der Waals surface area contributed by atoms with Crippen LogP contribution in [0.1, 0.15) is 12.5 Å². The molecule has 0 radical (unpaired) electrons. The van der Waals surface area contributed by atoms with Gasteiger partial charge in [-0.2, -0.15) is 0 Å². The topological polar surface area (TPSA) is 79.2 Å². The van der Waals surface area contributed by atoms with E-state index in [1.807, 2.05) is 0 Å². The van der Waals surface area contributed by atoms with Gasteiger partial charge in [0.1, 0.15) is 0 Å². The smallest absolute Gasteiger partial charge is 0.229 e. The van der Waals surface area contributed by atoms with Crippen LogP contribution in [-0.4, -0.2) is 27.2 Å². The molecule has 5 nitrogen and oxygen atoms in total. The molecule has 106 valence electrons. The van der Waals surface area contributed by atoms with Gasteiger partial charge >= 0.3 is 0 Å². The number of halogens is 2. The van der Waals surface area contributed by atoms with Crippen LogP contribution < -0.4 is 4.72 Å². The Morgan fingerprint density at radius 3 is 2.68 bits per heavy atom. The van der Waals surface area contributed by atoms with E-state index in [4.69, 9.17) is 21.7 Å². The minimum absolute atomic E-state index is 0.128. The highest BCUT2D eigenvalue weighted by Gasteiger charge is 2.13. The fourth-order valence-corrected chi connectivity index (χ4v) is 2.75. The third kappa shape index (κ3) is 5.00. The Morgan fingerprint density at radius 1 is 1.53 bits per heavy atom. The summed E-state index contributed by atoms with van der Waals surface area (Å²) in [4.78, 5) is 0. The van der Waals surface area contributed by atoms with Gasteiger partial charge < -0.3 is 4.74 Å². The molecule has 19 heavy (non-hydrogen) atoms. The second kappa shape index (κ2) is 6.58. The summed E-state index contributed by atoms with van der Waals surface area (Å²) in [6, 6.07) is 3.25. The summed E-state index contributed by atoms with van der Waals surface area (Å²) >= 11 is 9.38. The van der Waals surface area contributed by atoms with Gasteiger partial charge in [0.25, 0.3) is 0 Å². The summed E-state index contributed by atoms with van der Waals surface area (Å²) in [7, 11) is -3.38. The summed E-state index contributed by atoms with van der Waals surface area (Å²) in [5.74, 6) is 0.128. The maximum atomic E-state index is 11.2. The van der Waals surface area contributed by atoms with Crippen molar-refractivity contribution in [1.29, 1.82) is 5.41 Å². The Kier molecular flexibility index (Phi) is 5.64. The standard InChI is InChI=1S/C11H14BrClN2O3S/c1-3-18-9(14)6-7-4-5-8(11(13)10(7)12)15-19(2,16)17/h4-5,14-15H,3,6H2,1-2H3. The molecule has 1 aromatic carbocycles. The minimum atomic E-state index is -3.38. The van der Waals surface area contributed by atoms with Crippen molar-refractivity contribution in [2.75, 3.05) is 17.6 Å². The Hall–Kier alpha value is -0.790. The van der Waals surface area contributed by atoms with Crippen molar-refractivity contribution in [1.82, 2.24) is 0 Å². The lowest BCUT2D eigenvalue weighted by molar-refractivity contribution is 0.317. The molecular weight excluding hydrogens is 356 g/mol. The Bertz CT molecular complexity index is 590. The van der Waals surface area contributed by atoms with Gasteiger partial charge in [-0.25, -0.2) is 8.42 Å². The van der Waals surface area contributed by atoms with Gasteiger partial charge in [0.15, 0.2) is 5.90 Å². The maximum Gasteiger partial charge on any atom is 0.229 e. The van der Waals surface area contributed by atoms with Crippen LogP contribution in [0.25, 0.3) is 0 Å². The molecule has 1 rings (SSSR count). The first kappa shape index (κ1) is 16.3. The van der Waals surface area contributed by atoms with E-state index in [2.05, 4.69) is 20.7 Å². The third-order valence-electron chi connectivity index (χ3n) is 2.13. The van der Waals surface area contributed by atoms with Crippen molar-refractivity contribution in [3.05, 3.63) is 27.2 Å². The lowest BCUT2D eigenvalue weighted by Gasteiger charge is -2.12. The van der Waals surface area contributed by atoms with E-state index in [9.17, 15) is 8.42 Å². The van der Waals surface area contributed by atoms with Crippen LogP contribution in [0.5, 0.6) is 0 Å². The van der Waals surface area contributed by atoms with Gasteiger partial charge in [-0.15, -0.1) is 0 Å². The second-order valence-corrected chi connectivity index (χ2v) is 6.73. The summed E-state index contributed by atoms with van der Waals surface area (Å²) in [6.07, 6.45) is 1.34. The molecule has 8 heteroatoms. The predicted octanol–water partition coefficient (Wildman–Crippen LogP) is 3.03. The fraction of sp³-hybridized carbons (Fsp3) is 0.364. The highest BCUT2D eigenvalue weighted by atomic mass is 79.9. The lowest BCUT2D eigenvalue weighted by Crippen LogP contribution is -2.11. The zero-order valence-corrected chi connectivity index (χ0v) is 13.6. The number of ether oxygens (including phenoxy) is 1. The zero-order valence-electron chi connectivity index (χ0n) is 10.5. The third-order valence-corrected chi connectivity index (χ3v) is 4.24. The lowest BCUT2D eigenvalue weighted by atomic mass is 10.1. The number of rotatable bonds is 5. The van der Waals surface area contributed by atoms with E-state index in [-0.39, 0.29) is 17.3 Å². The summed E-state index contributed by atoms with van der Waals surface area (Å²) in [6.45, 7) is 2.23. The van der Waals surface area contributed by atoms with Crippen molar-refractivity contribution in [3.63, 3.8) is 0 Å². The minimum Gasteiger partial charge on any atom is -0.481 e. The van der Waals surface area contributed by atoms with Gasteiger partial charge in [-0.05, 0) is 34.5 Å². The molecule has 0 bridgehead atoms. The first-order valence-corrected chi connectivity index (χ1v) is 8.45. The number of benzene rings is 1. The highest BCUT2D eigenvalue weighted by Crippen LogP contribution is 2.34. The molecule has 2 N–H and O–H groups in total. The van der Waals surface area contributed by atoms with Crippen molar-refractivity contribution < 1.29 is 13.2 Å². The molecule has 0 unspecified atom stereocenters. The van der Waals surface area contributed by atoms with E-state index in [1.165, 1.54) is 0 Å². The largest absolute Gasteiger partial charge is 0.481 e. The molecule has 0 saturated carbocycles. The van der Waals surface area contributed by atoms with E-state index in [1.54, 1.807) is 19.1 Å². The molecule has 0 aliphatic heterocycles. The first-order valence-electron chi connectivity index (χ1n) is 5.39. The van der Waals surface area contributed by atoms with Crippen molar-refractivity contribution in [2.45, 2.75) is 13.3 Å². The molecule has 0 aliphatic rings. The summed E-state index contributed by atoms with van der Waals surface area (Å²) in [5.41, 5.74) is 1.05. The molecule has 0 aliphatic carbocycles. The van der Waals surface area contributed by atoms with Crippen LogP contribution >= 0.6 is 27.5 Å². The SMILES string of the molecule is CCOC(=N)Cc1ccc(NS(C)(=O)=O)c(Cl)c1Br. The van der Waals surface area contributed by atoms with Crippen LogP contribution in [0.3, 0.4) is 0 Å². The van der Waals surface area contributed by atoms with Crippen LogP contribution in [0.4, 0.5) is 5.69 Å². The second-order valence-electron chi connectivity index (χ2n) is 3.81. The number of anilines is 1. The van der Waals surface area contributed by atoms with Gasteiger partial charge in [-0.1, -0.05) is 17.7 Å². The van der Waals surface area contributed by atoms with Crippen LogP contribution in [-0.2, 0) is 21.2 Å². The van der Waals surface area contributed by atoms with Crippen molar-refractivity contribution in [2.24, 2.45) is 0 Å².